The highest BCUT2D eigenvalue weighted by atomic mass is 16.5. The Bertz CT molecular complexity index is 609. The van der Waals surface area contributed by atoms with Gasteiger partial charge in [-0.3, -0.25) is 14.4 Å². The number of hydrogen-bond acceptors (Lipinski definition) is 4. The third-order valence-electron chi connectivity index (χ3n) is 5.34. The summed E-state index contributed by atoms with van der Waals surface area (Å²) in [5, 5.41) is 8.94. The van der Waals surface area contributed by atoms with Gasteiger partial charge in [-0.15, -0.1) is 0 Å². The first-order valence-corrected chi connectivity index (χ1v) is 9.06. The van der Waals surface area contributed by atoms with Crippen LogP contribution in [0.4, 0.5) is 0 Å². The average molecular weight is 366 g/mol. The van der Waals surface area contributed by atoms with Crippen molar-refractivity contribution in [1.29, 1.82) is 0 Å². The molecule has 1 aliphatic carbocycles. The Labute approximate surface area is 155 Å². The second kappa shape index (κ2) is 7.78. The van der Waals surface area contributed by atoms with Gasteiger partial charge in [0.15, 0.2) is 0 Å². The number of rotatable bonds is 6. The summed E-state index contributed by atoms with van der Waals surface area (Å²) < 4.78 is 5.67. The van der Waals surface area contributed by atoms with Gasteiger partial charge in [0.2, 0.25) is 11.8 Å². The normalized spacial score (nSPS) is 26.8. The third-order valence-corrected chi connectivity index (χ3v) is 5.34. The summed E-state index contributed by atoms with van der Waals surface area (Å²) in [6.07, 6.45) is 1.81. The molecule has 1 heterocycles. The van der Waals surface area contributed by atoms with E-state index in [0.29, 0.717) is 19.7 Å². The van der Waals surface area contributed by atoms with E-state index < -0.39 is 5.97 Å². The standard InChI is InChI=1S/C19H30N2O5/c1-12(2)8-15-17(19(15,4)5)18(25)20-6-7-26-14(9-20)10-21(13(3)22)11-16(23)24/h8,14-15,17H,6-7,9-11H2,1-5H3,(H,23,24). The van der Waals surface area contributed by atoms with Gasteiger partial charge < -0.3 is 19.6 Å². The molecule has 26 heavy (non-hydrogen) atoms. The van der Waals surface area contributed by atoms with Crippen LogP contribution in [0.2, 0.25) is 0 Å². The van der Waals surface area contributed by atoms with E-state index in [1.807, 2.05) is 13.8 Å². The van der Waals surface area contributed by atoms with Gasteiger partial charge in [0, 0.05) is 26.6 Å². The van der Waals surface area contributed by atoms with Crippen LogP contribution < -0.4 is 0 Å². The van der Waals surface area contributed by atoms with E-state index in [-0.39, 0.29) is 48.3 Å². The van der Waals surface area contributed by atoms with Crippen molar-refractivity contribution in [1.82, 2.24) is 9.80 Å². The van der Waals surface area contributed by atoms with Crippen LogP contribution in [0.1, 0.15) is 34.6 Å². The van der Waals surface area contributed by atoms with E-state index in [2.05, 4.69) is 19.9 Å². The van der Waals surface area contributed by atoms with E-state index in [0.717, 1.165) is 0 Å². The number of carbonyl (C=O) groups excluding carboxylic acids is 2. The molecule has 1 saturated carbocycles. The number of carbonyl (C=O) groups is 3. The SMILES string of the molecule is CC(=O)N(CC(=O)O)CC1CN(C(=O)C2C(C=C(C)C)C2(C)C)CCO1. The van der Waals surface area contributed by atoms with Crippen LogP contribution in [0.25, 0.3) is 0 Å². The summed E-state index contributed by atoms with van der Waals surface area (Å²) in [7, 11) is 0. The zero-order valence-corrected chi connectivity index (χ0v) is 16.3. The van der Waals surface area contributed by atoms with Gasteiger partial charge in [-0.05, 0) is 25.2 Å². The molecule has 1 saturated heterocycles. The Morgan fingerprint density at radius 2 is 1.92 bits per heavy atom. The average Bonchev–Trinajstić information content (AvgIpc) is 3.05. The molecule has 2 rings (SSSR count). The van der Waals surface area contributed by atoms with Gasteiger partial charge in [-0.2, -0.15) is 0 Å². The Balaban J connectivity index is 1.99. The smallest absolute Gasteiger partial charge is 0.323 e. The first-order valence-electron chi connectivity index (χ1n) is 9.06. The topological polar surface area (TPSA) is 87.2 Å². The first kappa shape index (κ1) is 20.4. The number of carboxylic acids is 1. The monoisotopic (exact) mass is 366 g/mol. The number of amides is 2. The molecule has 7 heteroatoms. The number of aliphatic carboxylic acids is 1. The molecule has 2 fully saturated rings. The summed E-state index contributed by atoms with van der Waals surface area (Å²) in [6.45, 7) is 10.8. The summed E-state index contributed by atoms with van der Waals surface area (Å²) in [6, 6.07) is 0. The van der Waals surface area contributed by atoms with Gasteiger partial charge in [-0.25, -0.2) is 0 Å². The summed E-state index contributed by atoms with van der Waals surface area (Å²) in [5.74, 6) is -1.03. The van der Waals surface area contributed by atoms with E-state index >= 15 is 0 Å². The molecule has 146 valence electrons. The van der Waals surface area contributed by atoms with E-state index in [9.17, 15) is 14.4 Å². The van der Waals surface area contributed by atoms with Gasteiger partial charge in [0.25, 0.3) is 0 Å². The molecule has 0 radical (unpaired) electrons. The molecule has 7 nitrogen and oxygen atoms in total. The van der Waals surface area contributed by atoms with Crippen LogP contribution in [0.15, 0.2) is 11.6 Å². The maximum absolute atomic E-state index is 13.0. The molecule has 1 aliphatic heterocycles. The van der Waals surface area contributed by atoms with Crippen molar-refractivity contribution in [3.05, 3.63) is 11.6 Å². The molecule has 2 aliphatic rings. The van der Waals surface area contributed by atoms with Crippen LogP contribution in [0, 0.1) is 17.3 Å². The number of allylic oxidation sites excluding steroid dienone is 2. The molecule has 2 amide bonds. The number of hydrogen-bond donors (Lipinski definition) is 1. The Morgan fingerprint density at radius 1 is 1.27 bits per heavy atom. The lowest BCUT2D eigenvalue weighted by molar-refractivity contribution is -0.148. The Hall–Kier alpha value is -1.89. The Kier molecular flexibility index (Phi) is 6.11. The second-order valence-electron chi connectivity index (χ2n) is 8.14. The van der Waals surface area contributed by atoms with E-state index in [1.165, 1.54) is 17.4 Å². The predicted molar refractivity (Wildman–Crippen MR) is 96.4 cm³/mol. The quantitative estimate of drug-likeness (QED) is 0.718. The lowest BCUT2D eigenvalue weighted by Gasteiger charge is -2.35. The molecule has 1 N–H and O–H groups in total. The van der Waals surface area contributed by atoms with Crippen LogP contribution in [-0.2, 0) is 19.1 Å². The number of carboxylic acid groups (broad SMARTS) is 1. The maximum atomic E-state index is 13.0. The molecule has 3 atom stereocenters. The minimum absolute atomic E-state index is 0.0286. The van der Waals surface area contributed by atoms with Crippen molar-refractivity contribution in [2.75, 3.05) is 32.8 Å². The van der Waals surface area contributed by atoms with Crippen molar-refractivity contribution in [3.8, 4) is 0 Å². The minimum Gasteiger partial charge on any atom is -0.480 e. The number of nitrogens with zero attached hydrogens (tertiary/aromatic N) is 2. The molecule has 0 aromatic carbocycles. The van der Waals surface area contributed by atoms with Crippen LogP contribution in [-0.4, -0.2) is 71.6 Å². The number of ether oxygens (including phenoxy) is 1. The van der Waals surface area contributed by atoms with Crippen LogP contribution in [0.3, 0.4) is 0 Å². The third kappa shape index (κ3) is 4.63. The highest BCUT2D eigenvalue weighted by Gasteiger charge is 2.61. The molecular formula is C19H30N2O5. The van der Waals surface area contributed by atoms with Crippen LogP contribution in [0.5, 0.6) is 0 Å². The van der Waals surface area contributed by atoms with Crippen molar-refractivity contribution >= 4 is 17.8 Å². The molecule has 3 unspecified atom stereocenters. The highest BCUT2D eigenvalue weighted by molar-refractivity contribution is 5.84. The van der Waals surface area contributed by atoms with Crippen molar-refractivity contribution in [3.63, 3.8) is 0 Å². The first-order chi connectivity index (χ1) is 12.0. The van der Waals surface area contributed by atoms with Gasteiger partial charge in [0.05, 0.1) is 18.6 Å². The van der Waals surface area contributed by atoms with Gasteiger partial charge in [-0.1, -0.05) is 25.5 Å². The molecule has 0 spiro atoms. The lowest BCUT2D eigenvalue weighted by Crippen LogP contribution is -2.51. The number of morpholine rings is 1. The highest BCUT2D eigenvalue weighted by Crippen LogP contribution is 2.60. The Morgan fingerprint density at radius 3 is 2.46 bits per heavy atom. The van der Waals surface area contributed by atoms with E-state index in [1.54, 1.807) is 4.90 Å². The molecule has 0 bridgehead atoms. The fourth-order valence-electron chi connectivity index (χ4n) is 3.76. The largest absolute Gasteiger partial charge is 0.480 e. The predicted octanol–water partition coefficient (Wildman–Crippen LogP) is 1.39. The van der Waals surface area contributed by atoms with Crippen molar-refractivity contribution in [2.45, 2.75) is 40.7 Å². The van der Waals surface area contributed by atoms with E-state index in [4.69, 9.17) is 9.84 Å². The fourth-order valence-corrected chi connectivity index (χ4v) is 3.76. The second-order valence-corrected chi connectivity index (χ2v) is 8.14. The maximum Gasteiger partial charge on any atom is 0.323 e. The van der Waals surface area contributed by atoms with Crippen molar-refractivity contribution in [2.24, 2.45) is 17.3 Å². The summed E-state index contributed by atoms with van der Waals surface area (Å²) in [5.41, 5.74) is 1.17. The minimum atomic E-state index is -1.06. The molecule has 0 aromatic rings. The molecule has 0 aromatic heterocycles. The zero-order chi connectivity index (χ0) is 19.6. The van der Waals surface area contributed by atoms with Crippen molar-refractivity contribution < 1.29 is 24.2 Å². The summed E-state index contributed by atoms with van der Waals surface area (Å²) >= 11 is 0. The van der Waals surface area contributed by atoms with Crippen LogP contribution >= 0.6 is 0 Å². The zero-order valence-electron chi connectivity index (χ0n) is 16.3. The van der Waals surface area contributed by atoms with Gasteiger partial charge >= 0.3 is 5.97 Å². The summed E-state index contributed by atoms with van der Waals surface area (Å²) in [4.78, 5) is 38.6. The lowest BCUT2D eigenvalue weighted by atomic mass is 10.1. The fraction of sp³-hybridized carbons (Fsp3) is 0.737. The van der Waals surface area contributed by atoms with Gasteiger partial charge in [0.1, 0.15) is 6.54 Å². The molecular weight excluding hydrogens is 336 g/mol.